The van der Waals surface area contributed by atoms with E-state index in [1.165, 1.54) is 0 Å². The van der Waals surface area contributed by atoms with Gasteiger partial charge in [0, 0.05) is 18.8 Å². The number of aliphatic hydroxyl groups is 3. The standard InChI is InChI=1S/C21H36O5/c1-3-4-7-10-16(22)13-15(2)21-17(18(23)14-19(21)24)11-8-5-6-9-12-20(25)26/h5,8,13,16-19,21-24H,3-4,6-7,9-12,14H2,1-2H3,(H,25,26)/t16?,17-,18?,19?,21+/m0/s1. The normalized spacial score (nSPS) is 28.0. The van der Waals surface area contributed by atoms with Crippen LogP contribution in [0.15, 0.2) is 23.8 Å². The van der Waals surface area contributed by atoms with Crippen LogP contribution in [0.4, 0.5) is 0 Å². The van der Waals surface area contributed by atoms with Gasteiger partial charge in [0.15, 0.2) is 0 Å². The second-order valence-electron chi connectivity index (χ2n) is 7.53. The molecule has 1 aliphatic carbocycles. The summed E-state index contributed by atoms with van der Waals surface area (Å²) >= 11 is 0. The van der Waals surface area contributed by atoms with Crippen LogP contribution in [0.1, 0.15) is 71.6 Å². The molecular weight excluding hydrogens is 332 g/mol. The smallest absolute Gasteiger partial charge is 0.303 e. The van der Waals surface area contributed by atoms with Gasteiger partial charge in [-0.2, -0.15) is 0 Å². The van der Waals surface area contributed by atoms with Crippen LogP contribution < -0.4 is 0 Å². The van der Waals surface area contributed by atoms with Crippen molar-refractivity contribution in [1.82, 2.24) is 0 Å². The largest absolute Gasteiger partial charge is 0.481 e. The molecule has 0 aromatic heterocycles. The highest BCUT2D eigenvalue weighted by atomic mass is 16.4. The molecule has 3 unspecified atom stereocenters. The summed E-state index contributed by atoms with van der Waals surface area (Å²) in [4.78, 5) is 10.5. The maximum atomic E-state index is 10.5. The van der Waals surface area contributed by atoms with Gasteiger partial charge in [-0.3, -0.25) is 4.79 Å². The molecule has 0 spiro atoms. The first-order chi connectivity index (χ1) is 12.4. The van der Waals surface area contributed by atoms with Crippen LogP contribution in [0.3, 0.4) is 0 Å². The van der Waals surface area contributed by atoms with E-state index in [2.05, 4.69) is 6.92 Å². The fourth-order valence-corrected chi connectivity index (χ4v) is 3.88. The topological polar surface area (TPSA) is 98.0 Å². The number of unbranched alkanes of at least 4 members (excludes halogenated alkanes) is 3. The molecule has 0 aliphatic heterocycles. The van der Waals surface area contributed by atoms with Gasteiger partial charge in [0.2, 0.25) is 0 Å². The van der Waals surface area contributed by atoms with E-state index in [-0.39, 0.29) is 18.3 Å². The number of rotatable bonds is 12. The number of carbonyl (C=O) groups is 1. The molecule has 0 saturated heterocycles. The monoisotopic (exact) mass is 368 g/mol. The number of carboxylic acid groups (broad SMARTS) is 1. The zero-order valence-corrected chi connectivity index (χ0v) is 16.2. The van der Waals surface area contributed by atoms with E-state index in [4.69, 9.17) is 5.11 Å². The third-order valence-electron chi connectivity index (χ3n) is 5.27. The number of aliphatic carboxylic acids is 1. The lowest BCUT2D eigenvalue weighted by atomic mass is 9.84. The minimum Gasteiger partial charge on any atom is -0.481 e. The van der Waals surface area contributed by atoms with E-state index in [9.17, 15) is 20.1 Å². The van der Waals surface area contributed by atoms with Crippen molar-refractivity contribution in [3.05, 3.63) is 23.8 Å². The molecule has 0 aromatic rings. The summed E-state index contributed by atoms with van der Waals surface area (Å²) < 4.78 is 0. The predicted molar refractivity (Wildman–Crippen MR) is 103 cm³/mol. The Bertz CT molecular complexity index is 471. The van der Waals surface area contributed by atoms with E-state index < -0.39 is 24.3 Å². The summed E-state index contributed by atoms with van der Waals surface area (Å²) in [5.74, 6) is -1.000. The molecular formula is C21H36O5. The Hall–Kier alpha value is -1.17. The van der Waals surface area contributed by atoms with Crippen LogP contribution >= 0.6 is 0 Å². The third kappa shape index (κ3) is 8.02. The maximum Gasteiger partial charge on any atom is 0.303 e. The Balaban J connectivity index is 2.59. The zero-order valence-electron chi connectivity index (χ0n) is 16.2. The van der Waals surface area contributed by atoms with E-state index in [0.29, 0.717) is 25.7 Å². The van der Waals surface area contributed by atoms with Crippen LogP contribution in [0.25, 0.3) is 0 Å². The molecule has 4 N–H and O–H groups in total. The minimum atomic E-state index is -0.786. The first kappa shape index (κ1) is 22.9. The van der Waals surface area contributed by atoms with E-state index >= 15 is 0 Å². The molecule has 0 radical (unpaired) electrons. The SMILES string of the molecule is CCCCCC(O)C=C(C)[C@H]1C(O)CC(O)[C@@H]1CC=CCCCC(=O)O. The molecule has 1 fully saturated rings. The number of allylic oxidation sites excluding steroid dienone is 2. The average molecular weight is 369 g/mol. The van der Waals surface area contributed by atoms with Gasteiger partial charge in [-0.25, -0.2) is 0 Å². The molecule has 0 heterocycles. The summed E-state index contributed by atoms with van der Waals surface area (Å²) in [6.45, 7) is 4.06. The summed E-state index contributed by atoms with van der Waals surface area (Å²) in [5, 5.41) is 39.5. The van der Waals surface area contributed by atoms with Gasteiger partial charge in [-0.1, -0.05) is 50.0 Å². The van der Waals surface area contributed by atoms with Crippen molar-refractivity contribution in [3.8, 4) is 0 Å². The fraction of sp³-hybridized carbons (Fsp3) is 0.762. The number of aliphatic hydroxyl groups excluding tert-OH is 3. The van der Waals surface area contributed by atoms with E-state index in [0.717, 1.165) is 31.3 Å². The van der Waals surface area contributed by atoms with E-state index in [1.54, 1.807) is 0 Å². The Morgan fingerprint density at radius 2 is 1.88 bits per heavy atom. The lowest BCUT2D eigenvalue weighted by Crippen LogP contribution is -2.23. The summed E-state index contributed by atoms with van der Waals surface area (Å²) in [6, 6.07) is 0. The fourth-order valence-electron chi connectivity index (χ4n) is 3.88. The second-order valence-corrected chi connectivity index (χ2v) is 7.53. The van der Waals surface area contributed by atoms with Gasteiger partial charge in [-0.05, 0) is 38.5 Å². The third-order valence-corrected chi connectivity index (χ3v) is 5.27. The van der Waals surface area contributed by atoms with Gasteiger partial charge in [-0.15, -0.1) is 0 Å². The van der Waals surface area contributed by atoms with Crippen LogP contribution in [0, 0.1) is 11.8 Å². The van der Waals surface area contributed by atoms with Crippen molar-refractivity contribution in [2.45, 2.75) is 89.9 Å². The maximum absolute atomic E-state index is 10.5. The Morgan fingerprint density at radius 3 is 2.54 bits per heavy atom. The molecule has 5 nitrogen and oxygen atoms in total. The molecule has 0 bridgehead atoms. The van der Waals surface area contributed by atoms with Gasteiger partial charge in [0.25, 0.3) is 0 Å². The molecule has 0 aromatic carbocycles. The van der Waals surface area contributed by atoms with Gasteiger partial charge in [0.05, 0.1) is 18.3 Å². The molecule has 26 heavy (non-hydrogen) atoms. The van der Waals surface area contributed by atoms with Crippen molar-refractivity contribution < 1.29 is 25.2 Å². The Labute approximate surface area is 157 Å². The molecule has 0 amide bonds. The first-order valence-electron chi connectivity index (χ1n) is 9.96. The van der Waals surface area contributed by atoms with Crippen molar-refractivity contribution in [3.63, 3.8) is 0 Å². The average Bonchev–Trinajstić information content (AvgIpc) is 2.84. The first-order valence-corrected chi connectivity index (χ1v) is 9.96. The van der Waals surface area contributed by atoms with Crippen LogP contribution in [0.2, 0.25) is 0 Å². The van der Waals surface area contributed by atoms with Gasteiger partial charge in [0.1, 0.15) is 0 Å². The molecule has 150 valence electrons. The summed E-state index contributed by atoms with van der Waals surface area (Å²) in [6.07, 6.45) is 10.5. The van der Waals surface area contributed by atoms with Crippen LogP contribution in [0.5, 0.6) is 0 Å². The highest BCUT2D eigenvalue weighted by molar-refractivity contribution is 5.66. The highest BCUT2D eigenvalue weighted by Gasteiger charge is 2.41. The van der Waals surface area contributed by atoms with Crippen LogP contribution in [-0.2, 0) is 4.79 Å². The molecule has 1 rings (SSSR count). The molecule has 5 atom stereocenters. The Kier molecular flexibility index (Phi) is 10.8. The highest BCUT2D eigenvalue weighted by Crippen LogP contribution is 2.39. The number of hydrogen-bond acceptors (Lipinski definition) is 4. The predicted octanol–water partition coefficient (Wildman–Crippen LogP) is 3.43. The molecule has 1 aliphatic rings. The second kappa shape index (κ2) is 12.3. The minimum absolute atomic E-state index is 0.0696. The van der Waals surface area contributed by atoms with Crippen molar-refractivity contribution in [2.24, 2.45) is 11.8 Å². The Morgan fingerprint density at radius 1 is 1.15 bits per heavy atom. The van der Waals surface area contributed by atoms with E-state index in [1.807, 2.05) is 25.2 Å². The summed E-state index contributed by atoms with van der Waals surface area (Å²) in [7, 11) is 0. The van der Waals surface area contributed by atoms with Gasteiger partial charge >= 0.3 is 5.97 Å². The van der Waals surface area contributed by atoms with Crippen molar-refractivity contribution in [2.75, 3.05) is 0 Å². The lowest BCUT2D eigenvalue weighted by molar-refractivity contribution is -0.137. The van der Waals surface area contributed by atoms with Crippen molar-refractivity contribution >= 4 is 5.97 Å². The zero-order chi connectivity index (χ0) is 19.5. The lowest BCUT2D eigenvalue weighted by Gasteiger charge is -2.24. The summed E-state index contributed by atoms with van der Waals surface area (Å²) in [5.41, 5.74) is 0.947. The van der Waals surface area contributed by atoms with Crippen molar-refractivity contribution in [1.29, 1.82) is 0 Å². The number of hydrogen-bond donors (Lipinski definition) is 4. The molecule has 1 saturated carbocycles. The van der Waals surface area contributed by atoms with Gasteiger partial charge < -0.3 is 20.4 Å². The van der Waals surface area contributed by atoms with Crippen LogP contribution in [-0.4, -0.2) is 44.7 Å². The molecule has 5 heteroatoms. The quantitative estimate of drug-likeness (QED) is 0.312. The number of carboxylic acids is 1.